The van der Waals surface area contributed by atoms with Gasteiger partial charge in [-0.2, -0.15) is 0 Å². The van der Waals surface area contributed by atoms with Gasteiger partial charge in [-0.3, -0.25) is 4.90 Å². The van der Waals surface area contributed by atoms with E-state index >= 15 is 0 Å². The van der Waals surface area contributed by atoms with Crippen LogP contribution in [0, 0.1) is 11.8 Å². The van der Waals surface area contributed by atoms with Gasteiger partial charge in [0, 0.05) is 19.1 Å². The van der Waals surface area contributed by atoms with Crippen molar-refractivity contribution in [2.24, 2.45) is 11.8 Å². The highest BCUT2D eigenvalue weighted by Gasteiger charge is 2.32. The van der Waals surface area contributed by atoms with Crippen molar-refractivity contribution in [2.75, 3.05) is 26.3 Å². The summed E-state index contributed by atoms with van der Waals surface area (Å²) in [5, 5.41) is 0. The summed E-state index contributed by atoms with van der Waals surface area (Å²) in [4.78, 5) is 2.63. The first-order valence-corrected chi connectivity index (χ1v) is 5.59. The second-order valence-electron chi connectivity index (χ2n) is 4.73. The highest BCUT2D eigenvalue weighted by Crippen LogP contribution is 2.34. The van der Waals surface area contributed by atoms with Gasteiger partial charge in [0.05, 0.1) is 13.2 Å². The highest BCUT2D eigenvalue weighted by molar-refractivity contribution is 4.85. The molecule has 1 aliphatic carbocycles. The van der Waals surface area contributed by atoms with E-state index in [9.17, 15) is 0 Å². The Bertz CT molecular complexity index is 155. The fourth-order valence-corrected chi connectivity index (χ4v) is 2.66. The van der Waals surface area contributed by atoms with Gasteiger partial charge in [-0.05, 0) is 24.7 Å². The maximum atomic E-state index is 5.37. The fourth-order valence-electron chi connectivity index (χ4n) is 2.66. The Labute approximate surface area is 81.3 Å². The minimum atomic E-state index is 0.855. The molecule has 0 N–H and O–H groups in total. The fraction of sp³-hybridized carbons (Fsp3) is 1.00. The van der Waals surface area contributed by atoms with Gasteiger partial charge in [-0.1, -0.05) is 13.8 Å². The van der Waals surface area contributed by atoms with Crippen LogP contribution in [0.5, 0.6) is 0 Å². The third-order valence-corrected chi connectivity index (χ3v) is 3.82. The second kappa shape index (κ2) is 3.97. The van der Waals surface area contributed by atoms with Crippen molar-refractivity contribution >= 4 is 0 Å². The molecule has 1 aliphatic heterocycles. The molecule has 0 aromatic rings. The lowest BCUT2D eigenvalue weighted by Gasteiger charge is -2.32. The Morgan fingerprint density at radius 2 is 1.54 bits per heavy atom. The summed E-state index contributed by atoms with van der Waals surface area (Å²) < 4.78 is 5.37. The van der Waals surface area contributed by atoms with Crippen molar-refractivity contribution < 1.29 is 4.74 Å². The van der Waals surface area contributed by atoms with E-state index in [2.05, 4.69) is 18.7 Å². The number of ether oxygens (including phenoxy) is 1. The van der Waals surface area contributed by atoms with Gasteiger partial charge in [-0.25, -0.2) is 0 Å². The summed E-state index contributed by atoms with van der Waals surface area (Å²) in [6, 6.07) is 0.855. The zero-order chi connectivity index (χ0) is 9.26. The zero-order valence-electron chi connectivity index (χ0n) is 8.83. The molecule has 0 aromatic carbocycles. The van der Waals surface area contributed by atoms with Crippen molar-refractivity contribution in [3.8, 4) is 0 Å². The van der Waals surface area contributed by atoms with Gasteiger partial charge in [0.1, 0.15) is 0 Å². The van der Waals surface area contributed by atoms with E-state index in [4.69, 9.17) is 4.74 Å². The molecule has 2 nitrogen and oxygen atoms in total. The summed E-state index contributed by atoms with van der Waals surface area (Å²) in [7, 11) is 0. The van der Waals surface area contributed by atoms with Crippen LogP contribution in [-0.2, 0) is 4.74 Å². The maximum Gasteiger partial charge on any atom is 0.0594 e. The normalized spacial score (nSPS) is 42.5. The van der Waals surface area contributed by atoms with Gasteiger partial charge in [-0.15, -0.1) is 0 Å². The average molecular weight is 183 g/mol. The molecule has 0 radical (unpaired) electrons. The lowest BCUT2D eigenvalue weighted by atomic mass is 10.0. The van der Waals surface area contributed by atoms with E-state index in [1.165, 1.54) is 12.8 Å². The van der Waals surface area contributed by atoms with Crippen molar-refractivity contribution in [2.45, 2.75) is 32.7 Å². The first kappa shape index (κ1) is 9.47. The Morgan fingerprint density at radius 1 is 1.00 bits per heavy atom. The smallest absolute Gasteiger partial charge is 0.0594 e. The topological polar surface area (TPSA) is 12.5 Å². The van der Waals surface area contributed by atoms with Crippen LogP contribution < -0.4 is 0 Å². The third-order valence-electron chi connectivity index (χ3n) is 3.82. The molecule has 13 heavy (non-hydrogen) atoms. The summed E-state index contributed by atoms with van der Waals surface area (Å²) in [6.45, 7) is 8.99. The molecule has 2 fully saturated rings. The van der Waals surface area contributed by atoms with Crippen LogP contribution in [0.3, 0.4) is 0 Å². The van der Waals surface area contributed by atoms with Gasteiger partial charge in [0.2, 0.25) is 0 Å². The van der Waals surface area contributed by atoms with Gasteiger partial charge < -0.3 is 4.74 Å². The van der Waals surface area contributed by atoms with Crippen LogP contribution in [-0.4, -0.2) is 37.2 Å². The van der Waals surface area contributed by atoms with Crippen molar-refractivity contribution in [1.29, 1.82) is 0 Å². The molecule has 1 saturated heterocycles. The molecule has 2 aliphatic rings. The van der Waals surface area contributed by atoms with Crippen LogP contribution in [0.2, 0.25) is 0 Å². The molecule has 1 saturated carbocycles. The lowest BCUT2D eigenvalue weighted by Crippen LogP contribution is -2.42. The van der Waals surface area contributed by atoms with Gasteiger partial charge in [0.25, 0.3) is 0 Å². The number of rotatable bonds is 1. The summed E-state index contributed by atoms with van der Waals surface area (Å²) in [6.07, 6.45) is 2.81. The molecule has 1 heterocycles. The van der Waals surface area contributed by atoms with E-state index in [1.54, 1.807) is 0 Å². The van der Waals surface area contributed by atoms with Crippen LogP contribution in [0.4, 0.5) is 0 Å². The van der Waals surface area contributed by atoms with E-state index in [-0.39, 0.29) is 0 Å². The Kier molecular flexibility index (Phi) is 2.89. The van der Waals surface area contributed by atoms with Gasteiger partial charge >= 0.3 is 0 Å². The third kappa shape index (κ3) is 2.05. The predicted octanol–water partition coefficient (Wildman–Crippen LogP) is 1.75. The van der Waals surface area contributed by atoms with Gasteiger partial charge in [0.15, 0.2) is 0 Å². The minimum absolute atomic E-state index is 0.855. The van der Waals surface area contributed by atoms with Crippen LogP contribution >= 0.6 is 0 Å². The number of nitrogens with zero attached hydrogens (tertiary/aromatic N) is 1. The molecule has 0 amide bonds. The van der Waals surface area contributed by atoms with Crippen LogP contribution in [0.25, 0.3) is 0 Å². The molecule has 2 atom stereocenters. The number of hydrogen-bond donors (Lipinski definition) is 0. The quantitative estimate of drug-likeness (QED) is 0.614. The zero-order valence-corrected chi connectivity index (χ0v) is 8.83. The monoisotopic (exact) mass is 183 g/mol. The van der Waals surface area contributed by atoms with Crippen molar-refractivity contribution in [3.63, 3.8) is 0 Å². The molecule has 76 valence electrons. The number of hydrogen-bond acceptors (Lipinski definition) is 2. The minimum Gasteiger partial charge on any atom is -0.379 e. The van der Waals surface area contributed by atoms with Crippen LogP contribution in [0.15, 0.2) is 0 Å². The standard InChI is InChI=1S/C11H21NO/c1-9-7-11(8-10(9)2)12-3-5-13-6-4-12/h9-11H,3-8H2,1-2H3. The predicted molar refractivity (Wildman–Crippen MR) is 53.7 cm³/mol. The molecular weight excluding hydrogens is 162 g/mol. The molecule has 2 unspecified atom stereocenters. The molecule has 2 rings (SSSR count). The van der Waals surface area contributed by atoms with Crippen LogP contribution in [0.1, 0.15) is 26.7 Å². The first-order valence-electron chi connectivity index (χ1n) is 5.59. The van der Waals surface area contributed by atoms with Crippen molar-refractivity contribution in [1.82, 2.24) is 4.90 Å². The maximum absolute atomic E-state index is 5.37. The Morgan fingerprint density at radius 3 is 2.08 bits per heavy atom. The molecule has 0 aromatic heterocycles. The highest BCUT2D eigenvalue weighted by atomic mass is 16.5. The average Bonchev–Trinajstić information content (AvgIpc) is 2.49. The molecule has 0 bridgehead atoms. The summed E-state index contributed by atoms with van der Waals surface area (Å²) in [5.74, 6) is 1.85. The van der Waals surface area contributed by atoms with E-state index in [0.717, 1.165) is 44.2 Å². The van der Waals surface area contributed by atoms with Crippen molar-refractivity contribution in [3.05, 3.63) is 0 Å². The van der Waals surface area contributed by atoms with E-state index < -0.39 is 0 Å². The lowest BCUT2D eigenvalue weighted by molar-refractivity contribution is 0.0169. The molecular formula is C11H21NO. The molecule has 2 heteroatoms. The Hall–Kier alpha value is -0.0800. The second-order valence-corrected chi connectivity index (χ2v) is 4.73. The summed E-state index contributed by atoms with van der Waals surface area (Å²) in [5.41, 5.74) is 0. The van der Waals surface area contributed by atoms with E-state index in [0.29, 0.717) is 0 Å². The Balaban J connectivity index is 1.87. The largest absolute Gasteiger partial charge is 0.379 e. The summed E-state index contributed by atoms with van der Waals surface area (Å²) >= 11 is 0. The van der Waals surface area contributed by atoms with E-state index in [1.807, 2.05) is 0 Å². The first-order chi connectivity index (χ1) is 6.27. The number of morpholine rings is 1. The SMILES string of the molecule is CC1CC(N2CCOCC2)CC1C. The molecule has 0 spiro atoms.